The molecule has 2 unspecified atom stereocenters. The summed E-state index contributed by atoms with van der Waals surface area (Å²) in [5, 5.41) is 0. The van der Waals surface area contributed by atoms with Crippen LogP contribution in [0.15, 0.2) is 30.3 Å². The van der Waals surface area contributed by atoms with Gasteiger partial charge in [-0.3, -0.25) is 4.79 Å². The van der Waals surface area contributed by atoms with Crippen LogP contribution < -0.4 is 0 Å². The fraction of sp³-hybridized carbons (Fsp3) is 0.588. The molecule has 20 heavy (non-hydrogen) atoms. The topological polar surface area (TPSA) is 29.5 Å². The van der Waals surface area contributed by atoms with Crippen LogP contribution in [0.2, 0.25) is 0 Å². The summed E-state index contributed by atoms with van der Waals surface area (Å²) in [5.74, 6) is 0.733. The van der Waals surface area contributed by atoms with Crippen molar-refractivity contribution < 1.29 is 9.53 Å². The Hall–Kier alpha value is -1.35. The molecule has 1 amide bonds. The Labute approximate surface area is 121 Å². The summed E-state index contributed by atoms with van der Waals surface area (Å²) in [5.41, 5.74) is 1.13. The van der Waals surface area contributed by atoms with E-state index in [1.165, 1.54) is 0 Å². The van der Waals surface area contributed by atoms with Crippen molar-refractivity contribution in [1.29, 1.82) is 0 Å². The smallest absolute Gasteiger partial charge is 0.230 e. The fourth-order valence-corrected chi connectivity index (χ4v) is 3.24. The Kier molecular flexibility index (Phi) is 5.18. The van der Waals surface area contributed by atoms with Gasteiger partial charge in [0.25, 0.3) is 0 Å². The molecule has 1 aliphatic rings. The minimum Gasteiger partial charge on any atom is -0.384 e. The number of benzene rings is 1. The highest BCUT2D eigenvalue weighted by Crippen LogP contribution is 2.29. The molecule has 0 bridgehead atoms. The van der Waals surface area contributed by atoms with Crippen LogP contribution in [0.4, 0.5) is 0 Å². The van der Waals surface area contributed by atoms with Crippen molar-refractivity contribution in [3.05, 3.63) is 35.9 Å². The quantitative estimate of drug-likeness (QED) is 0.826. The molecule has 2 rings (SSSR count). The zero-order valence-corrected chi connectivity index (χ0v) is 12.7. The van der Waals surface area contributed by atoms with E-state index in [1.54, 1.807) is 7.11 Å². The van der Waals surface area contributed by atoms with Gasteiger partial charge < -0.3 is 9.64 Å². The van der Waals surface area contributed by atoms with Gasteiger partial charge in [-0.15, -0.1) is 0 Å². The number of ether oxygens (including phenoxy) is 1. The SMILES string of the molecule is CCC(C(=O)N1CC(COC)C[C@H]1C)c1ccccc1. The molecule has 0 spiro atoms. The summed E-state index contributed by atoms with van der Waals surface area (Å²) < 4.78 is 5.24. The normalized spacial score (nSPS) is 23.9. The van der Waals surface area contributed by atoms with Gasteiger partial charge in [-0.1, -0.05) is 37.3 Å². The number of nitrogens with zero attached hydrogens (tertiary/aromatic N) is 1. The van der Waals surface area contributed by atoms with Crippen LogP contribution in [-0.4, -0.2) is 37.1 Å². The van der Waals surface area contributed by atoms with Gasteiger partial charge in [-0.2, -0.15) is 0 Å². The molecule has 0 radical (unpaired) electrons. The zero-order valence-electron chi connectivity index (χ0n) is 12.7. The van der Waals surface area contributed by atoms with Gasteiger partial charge in [0.15, 0.2) is 0 Å². The molecule has 0 saturated carbocycles. The molecule has 0 aromatic heterocycles. The highest BCUT2D eigenvalue weighted by atomic mass is 16.5. The lowest BCUT2D eigenvalue weighted by Crippen LogP contribution is -2.37. The van der Waals surface area contributed by atoms with Gasteiger partial charge in [0.05, 0.1) is 12.5 Å². The van der Waals surface area contributed by atoms with Crippen molar-refractivity contribution in [3.8, 4) is 0 Å². The standard InChI is InChI=1S/C17H25NO2/c1-4-16(15-8-6-5-7-9-15)17(19)18-11-14(12-20-3)10-13(18)2/h5-9,13-14,16H,4,10-12H2,1-3H3/t13-,14?,16?/m1/s1. The van der Waals surface area contributed by atoms with Crippen molar-refractivity contribution in [2.45, 2.75) is 38.6 Å². The number of amides is 1. The number of hydrogen-bond donors (Lipinski definition) is 0. The van der Waals surface area contributed by atoms with Gasteiger partial charge in [0.2, 0.25) is 5.91 Å². The summed E-state index contributed by atoms with van der Waals surface area (Å²) in [7, 11) is 1.73. The highest BCUT2D eigenvalue weighted by Gasteiger charge is 2.35. The molecule has 1 aromatic rings. The van der Waals surface area contributed by atoms with Crippen LogP contribution in [-0.2, 0) is 9.53 Å². The Bertz CT molecular complexity index is 432. The maximum Gasteiger partial charge on any atom is 0.230 e. The van der Waals surface area contributed by atoms with E-state index in [9.17, 15) is 4.79 Å². The fourth-order valence-electron chi connectivity index (χ4n) is 3.24. The number of rotatable bonds is 5. The second kappa shape index (κ2) is 6.89. The van der Waals surface area contributed by atoms with Crippen LogP contribution in [0.5, 0.6) is 0 Å². The zero-order chi connectivity index (χ0) is 14.5. The largest absolute Gasteiger partial charge is 0.384 e. The average Bonchev–Trinajstić information content (AvgIpc) is 2.82. The van der Waals surface area contributed by atoms with E-state index in [0.29, 0.717) is 12.0 Å². The van der Waals surface area contributed by atoms with Gasteiger partial charge in [-0.25, -0.2) is 0 Å². The van der Waals surface area contributed by atoms with Crippen molar-refractivity contribution in [2.75, 3.05) is 20.3 Å². The summed E-state index contributed by atoms with van der Waals surface area (Å²) in [6.45, 7) is 5.81. The average molecular weight is 275 g/mol. The lowest BCUT2D eigenvalue weighted by molar-refractivity contribution is -0.133. The lowest BCUT2D eigenvalue weighted by atomic mass is 9.95. The maximum absolute atomic E-state index is 12.8. The monoisotopic (exact) mass is 275 g/mol. The van der Waals surface area contributed by atoms with E-state index in [-0.39, 0.29) is 11.8 Å². The van der Waals surface area contributed by atoms with E-state index in [1.807, 2.05) is 23.1 Å². The lowest BCUT2D eigenvalue weighted by Gasteiger charge is -2.26. The van der Waals surface area contributed by atoms with Crippen LogP contribution >= 0.6 is 0 Å². The molecule has 3 heteroatoms. The molecule has 3 atom stereocenters. The van der Waals surface area contributed by atoms with Crippen molar-refractivity contribution in [2.24, 2.45) is 5.92 Å². The Morgan fingerprint density at radius 3 is 2.70 bits per heavy atom. The first kappa shape index (κ1) is 15.0. The molecule has 1 saturated heterocycles. The predicted molar refractivity (Wildman–Crippen MR) is 80.6 cm³/mol. The van der Waals surface area contributed by atoms with Crippen molar-refractivity contribution in [3.63, 3.8) is 0 Å². The van der Waals surface area contributed by atoms with Gasteiger partial charge in [0.1, 0.15) is 0 Å². The van der Waals surface area contributed by atoms with Gasteiger partial charge in [0, 0.05) is 25.6 Å². The third kappa shape index (κ3) is 3.21. The third-order valence-corrected chi connectivity index (χ3v) is 4.26. The first-order chi connectivity index (χ1) is 9.67. The van der Waals surface area contributed by atoms with E-state index in [4.69, 9.17) is 4.74 Å². The highest BCUT2D eigenvalue weighted by molar-refractivity contribution is 5.84. The number of carbonyl (C=O) groups excluding carboxylic acids is 1. The van der Waals surface area contributed by atoms with Gasteiger partial charge >= 0.3 is 0 Å². The summed E-state index contributed by atoms with van der Waals surface area (Å²) in [6, 6.07) is 10.4. The molecule has 0 aliphatic carbocycles. The third-order valence-electron chi connectivity index (χ3n) is 4.26. The Morgan fingerprint density at radius 1 is 1.40 bits per heavy atom. The minimum atomic E-state index is -0.0139. The van der Waals surface area contributed by atoms with Crippen LogP contribution in [0.3, 0.4) is 0 Å². The summed E-state index contributed by atoms with van der Waals surface area (Å²) in [4.78, 5) is 14.9. The van der Waals surface area contributed by atoms with Crippen molar-refractivity contribution >= 4 is 5.91 Å². The molecule has 3 nitrogen and oxygen atoms in total. The van der Waals surface area contributed by atoms with Crippen LogP contribution in [0.25, 0.3) is 0 Å². The molecular weight excluding hydrogens is 250 g/mol. The number of hydrogen-bond acceptors (Lipinski definition) is 2. The number of methoxy groups -OCH3 is 1. The number of likely N-dealkylation sites (tertiary alicyclic amines) is 1. The molecule has 1 aromatic carbocycles. The van der Waals surface area contributed by atoms with E-state index >= 15 is 0 Å². The molecule has 1 aliphatic heterocycles. The maximum atomic E-state index is 12.8. The molecular formula is C17H25NO2. The van der Waals surface area contributed by atoms with Crippen molar-refractivity contribution in [1.82, 2.24) is 4.90 Å². The minimum absolute atomic E-state index is 0.0139. The van der Waals surface area contributed by atoms with E-state index in [2.05, 4.69) is 26.0 Å². The second-order valence-electron chi connectivity index (χ2n) is 5.77. The van der Waals surface area contributed by atoms with Crippen LogP contribution in [0, 0.1) is 5.92 Å². The molecule has 1 fully saturated rings. The summed E-state index contributed by atoms with van der Waals surface area (Å²) >= 11 is 0. The molecule has 1 heterocycles. The first-order valence-corrected chi connectivity index (χ1v) is 7.51. The Balaban J connectivity index is 2.09. The summed E-state index contributed by atoms with van der Waals surface area (Å²) in [6.07, 6.45) is 1.89. The van der Waals surface area contributed by atoms with Gasteiger partial charge in [-0.05, 0) is 25.3 Å². The molecule has 0 N–H and O–H groups in total. The Morgan fingerprint density at radius 2 is 2.10 bits per heavy atom. The second-order valence-corrected chi connectivity index (χ2v) is 5.77. The van der Waals surface area contributed by atoms with Crippen LogP contribution in [0.1, 0.15) is 38.2 Å². The molecule has 110 valence electrons. The first-order valence-electron chi connectivity index (χ1n) is 7.51. The van der Waals surface area contributed by atoms with E-state index in [0.717, 1.165) is 31.6 Å². The number of carbonyl (C=O) groups is 1. The van der Waals surface area contributed by atoms with E-state index < -0.39 is 0 Å². The predicted octanol–water partition coefficient (Wildman–Crippen LogP) is 3.06.